The number of hydrogen-bond acceptors (Lipinski definition) is 5. The predicted molar refractivity (Wildman–Crippen MR) is 72.8 cm³/mol. The molecule has 0 fully saturated rings. The zero-order valence-corrected chi connectivity index (χ0v) is 10.6. The van der Waals surface area contributed by atoms with Crippen LogP contribution in [0.3, 0.4) is 0 Å². The van der Waals surface area contributed by atoms with Crippen LogP contribution in [0.5, 0.6) is 11.5 Å². The van der Waals surface area contributed by atoms with E-state index in [1.165, 1.54) is 18.3 Å². The van der Waals surface area contributed by atoms with Gasteiger partial charge in [-0.05, 0) is 17.7 Å². The maximum absolute atomic E-state index is 11.6. The quantitative estimate of drug-likeness (QED) is 0.485. The average Bonchev–Trinajstić information content (AvgIpc) is 2.46. The SMILES string of the molecule is COc1cccc(N=Cc2cc([N+](=O)[O-])ccc2[O-])c1. The molecule has 0 saturated carbocycles. The number of nitro benzene ring substituents is 1. The van der Waals surface area contributed by atoms with Crippen molar-refractivity contribution in [2.45, 2.75) is 0 Å². The van der Waals surface area contributed by atoms with Crippen molar-refractivity contribution < 1.29 is 14.8 Å². The number of nitro groups is 1. The van der Waals surface area contributed by atoms with Gasteiger partial charge in [0.1, 0.15) is 5.75 Å². The normalized spacial score (nSPS) is 10.7. The molecular weight excluding hydrogens is 260 g/mol. The van der Waals surface area contributed by atoms with Gasteiger partial charge in [0.05, 0.1) is 17.7 Å². The molecule has 0 aliphatic carbocycles. The first-order valence-corrected chi connectivity index (χ1v) is 5.74. The first-order chi connectivity index (χ1) is 9.60. The van der Waals surface area contributed by atoms with Crippen molar-refractivity contribution in [2.24, 2.45) is 4.99 Å². The molecule has 2 rings (SSSR count). The summed E-state index contributed by atoms with van der Waals surface area (Å²) in [5.74, 6) is 0.322. The summed E-state index contributed by atoms with van der Waals surface area (Å²) in [5, 5.41) is 22.3. The van der Waals surface area contributed by atoms with Crippen LogP contribution in [0.25, 0.3) is 0 Å². The van der Waals surface area contributed by atoms with Gasteiger partial charge in [-0.3, -0.25) is 15.1 Å². The van der Waals surface area contributed by atoms with Crippen molar-refractivity contribution in [1.29, 1.82) is 0 Å². The molecule has 2 aromatic rings. The number of nitrogens with zero attached hydrogens (tertiary/aromatic N) is 2. The van der Waals surface area contributed by atoms with Crippen LogP contribution < -0.4 is 9.84 Å². The van der Waals surface area contributed by atoms with E-state index < -0.39 is 4.92 Å². The lowest BCUT2D eigenvalue weighted by Crippen LogP contribution is -1.98. The molecule has 20 heavy (non-hydrogen) atoms. The van der Waals surface area contributed by atoms with Gasteiger partial charge >= 0.3 is 0 Å². The van der Waals surface area contributed by atoms with Gasteiger partial charge in [-0.15, -0.1) is 0 Å². The lowest BCUT2D eigenvalue weighted by atomic mass is 10.2. The summed E-state index contributed by atoms with van der Waals surface area (Å²) >= 11 is 0. The summed E-state index contributed by atoms with van der Waals surface area (Å²) in [7, 11) is 1.54. The van der Waals surface area contributed by atoms with Gasteiger partial charge in [0.2, 0.25) is 0 Å². The van der Waals surface area contributed by atoms with Crippen molar-refractivity contribution in [3.8, 4) is 11.5 Å². The number of benzene rings is 2. The fourth-order valence-corrected chi connectivity index (χ4v) is 1.59. The Labute approximate surface area is 115 Å². The topological polar surface area (TPSA) is 87.8 Å². The summed E-state index contributed by atoms with van der Waals surface area (Å²) in [6, 6.07) is 10.5. The highest BCUT2D eigenvalue weighted by Crippen LogP contribution is 2.22. The smallest absolute Gasteiger partial charge is 0.270 e. The Morgan fingerprint density at radius 2 is 2.05 bits per heavy atom. The molecule has 6 nitrogen and oxygen atoms in total. The largest absolute Gasteiger partial charge is 0.872 e. The Morgan fingerprint density at radius 1 is 1.25 bits per heavy atom. The number of hydrogen-bond donors (Lipinski definition) is 0. The van der Waals surface area contributed by atoms with E-state index in [0.717, 1.165) is 6.07 Å². The van der Waals surface area contributed by atoms with E-state index in [1.54, 1.807) is 31.4 Å². The van der Waals surface area contributed by atoms with E-state index in [9.17, 15) is 15.2 Å². The highest BCUT2D eigenvalue weighted by Gasteiger charge is 2.05. The number of aliphatic imine (C=N–C) groups is 1. The molecule has 6 heteroatoms. The second kappa shape index (κ2) is 5.83. The molecular formula is C14H11N2O4-. The average molecular weight is 271 g/mol. The van der Waals surface area contributed by atoms with Crippen LogP contribution in [0, 0.1) is 10.1 Å². The van der Waals surface area contributed by atoms with E-state index in [2.05, 4.69) is 4.99 Å². The molecule has 0 heterocycles. The molecule has 0 saturated heterocycles. The van der Waals surface area contributed by atoms with Crippen molar-refractivity contribution in [3.63, 3.8) is 0 Å². The Kier molecular flexibility index (Phi) is 3.95. The van der Waals surface area contributed by atoms with Gasteiger partial charge in [-0.2, -0.15) is 0 Å². The van der Waals surface area contributed by atoms with Gasteiger partial charge < -0.3 is 9.84 Å². The fraction of sp³-hybridized carbons (Fsp3) is 0.0714. The Morgan fingerprint density at radius 3 is 2.75 bits per heavy atom. The predicted octanol–water partition coefficient (Wildman–Crippen LogP) is 2.43. The minimum absolute atomic E-state index is 0.142. The molecule has 0 unspecified atom stereocenters. The lowest BCUT2D eigenvalue weighted by Gasteiger charge is -2.08. The van der Waals surface area contributed by atoms with Crippen LogP contribution in [0.1, 0.15) is 5.56 Å². The number of non-ortho nitro benzene ring substituents is 1. The first-order valence-electron chi connectivity index (χ1n) is 5.74. The summed E-state index contributed by atoms with van der Waals surface area (Å²) in [4.78, 5) is 14.2. The zero-order valence-electron chi connectivity index (χ0n) is 10.6. The van der Waals surface area contributed by atoms with Crippen molar-refractivity contribution in [2.75, 3.05) is 7.11 Å². The zero-order chi connectivity index (χ0) is 14.5. The summed E-state index contributed by atoms with van der Waals surface area (Å²) < 4.78 is 5.06. The second-order valence-corrected chi connectivity index (χ2v) is 3.94. The van der Waals surface area contributed by atoms with Crippen LogP contribution >= 0.6 is 0 Å². The lowest BCUT2D eigenvalue weighted by molar-refractivity contribution is -0.385. The van der Waals surface area contributed by atoms with E-state index in [-0.39, 0.29) is 17.0 Å². The molecule has 0 amide bonds. The summed E-state index contributed by atoms with van der Waals surface area (Å²) in [6.07, 6.45) is 1.31. The number of methoxy groups -OCH3 is 1. The minimum Gasteiger partial charge on any atom is -0.872 e. The molecule has 0 aliphatic heterocycles. The van der Waals surface area contributed by atoms with Crippen LogP contribution in [0.2, 0.25) is 0 Å². The van der Waals surface area contributed by atoms with Crippen LogP contribution in [-0.4, -0.2) is 18.2 Å². The molecule has 102 valence electrons. The molecule has 2 aromatic carbocycles. The standard InChI is InChI=1S/C14H12N2O4/c1-20-13-4-2-3-11(8-13)15-9-10-7-12(16(18)19)5-6-14(10)17/h2-9,17H,1H3/p-1. The maximum atomic E-state index is 11.6. The van der Waals surface area contributed by atoms with Crippen molar-refractivity contribution >= 4 is 17.6 Å². The molecule has 0 atom stereocenters. The fourth-order valence-electron chi connectivity index (χ4n) is 1.59. The molecule has 0 aromatic heterocycles. The number of ether oxygens (including phenoxy) is 1. The molecule has 0 spiro atoms. The van der Waals surface area contributed by atoms with E-state index >= 15 is 0 Å². The number of rotatable bonds is 4. The molecule has 0 radical (unpaired) electrons. The molecule has 0 bridgehead atoms. The highest BCUT2D eigenvalue weighted by atomic mass is 16.6. The third-order valence-electron chi connectivity index (χ3n) is 2.61. The van der Waals surface area contributed by atoms with Crippen LogP contribution in [0.15, 0.2) is 47.5 Å². The van der Waals surface area contributed by atoms with E-state index in [0.29, 0.717) is 11.4 Å². The van der Waals surface area contributed by atoms with Gasteiger partial charge in [0, 0.05) is 24.4 Å². The second-order valence-electron chi connectivity index (χ2n) is 3.94. The molecule has 0 aliphatic rings. The maximum Gasteiger partial charge on any atom is 0.270 e. The third kappa shape index (κ3) is 3.11. The van der Waals surface area contributed by atoms with Crippen molar-refractivity contribution in [3.05, 3.63) is 58.1 Å². The van der Waals surface area contributed by atoms with Crippen molar-refractivity contribution in [1.82, 2.24) is 0 Å². The van der Waals surface area contributed by atoms with Crippen LogP contribution in [-0.2, 0) is 0 Å². The Hall–Kier alpha value is -2.89. The minimum atomic E-state index is -0.553. The van der Waals surface area contributed by atoms with E-state index in [4.69, 9.17) is 4.74 Å². The molecule has 0 N–H and O–H groups in total. The summed E-state index contributed by atoms with van der Waals surface area (Å²) in [5.41, 5.74) is 0.619. The van der Waals surface area contributed by atoms with Gasteiger partial charge in [0.15, 0.2) is 0 Å². The van der Waals surface area contributed by atoms with E-state index in [1.807, 2.05) is 0 Å². The Balaban J connectivity index is 2.30. The third-order valence-corrected chi connectivity index (χ3v) is 2.61. The first kappa shape index (κ1) is 13.5. The van der Waals surface area contributed by atoms with Gasteiger partial charge in [0.25, 0.3) is 5.69 Å². The van der Waals surface area contributed by atoms with Crippen LogP contribution in [0.4, 0.5) is 11.4 Å². The van der Waals surface area contributed by atoms with Gasteiger partial charge in [-0.1, -0.05) is 17.9 Å². The Bertz CT molecular complexity index is 668. The monoisotopic (exact) mass is 271 g/mol. The highest BCUT2D eigenvalue weighted by molar-refractivity contribution is 5.86. The summed E-state index contributed by atoms with van der Waals surface area (Å²) in [6.45, 7) is 0. The van der Waals surface area contributed by atoms with Gasteiger partial charge in [-0.25, -0.2) is 0 Å².